The zero-order valence-electron chi connectivity index (χ0n) is 10.3. The average Bonchev–Trinajstić information content (AvgIpc) is 2.35. The van der Waals surface area contributed by atoms with Gasteiger partial charge in [0.05, 0.1) is 22.3 Å². The van der Waals surface area contributed by atoms with Crippen molar-refractivity contribution in [1.82, 2.24) is 5.32 Å². The van der Waals surface area contributed by atoms with E-state index < -0.39 is 6.04 Å². The second-order valence-corrected chi connectivity index (χ2v) is 4.54. The Labute approximate surface area is 117 Å². The maximum Gasteiger partial charge on any atom is 0.242 e. The van der Waals surface area contributed by atoms with Crippen molar-refractivity contribution in [2.24, 2.45) is 0 Å². The fourth-order valence-electron chi connectivity index (χ4n) is 1.34. The van der Waals surface area contributed by atoms with Crippen LogP contribution in [0.1, 0.15) is 6.92 Å². The van der Waals surface area contributed by atoms with Crippen LogP contribution in [-0.2, 0) is 9.53 Å². The minimum absolute atomic E-state index is 0.122. The van der Waals surface area contributed by atoms with Crippen molar-refractivity contribution >= 4 is 34.8 Å². The lowest BCUT2D eigenvalue weighted by molar-refractivity contribution is -0.121. The average molecular weight is 291 g/mol. The number of halogens is 2. The second kappa shape index (κ2) is 7.46. The molecular weight excluding hydrogens is 275 g/mol. The summed E-state index contributed by atoms with van der Waals surface area (Å²) < 4.78 is 4.85. The maximum atomic E-state index is 11.7. The normalized spacial score (nSPS) is 12.0. The first-order chi connectivity index (χ1) is 8.56. The summed E-state index contributed by atoms with van der Waals surface area (Å²) in [6.07, 6.45) is 0. The van der Waals surface area contributed by atoms with Crippen molar-refractivity contribution in [3.05, 3.63) is 28.2 Å². The van der Waals surface area contributed by atoms with E-state index in [0.29, 0.717) is 28.9 Å². The lowest BCUT2D eigenvalue weighted by Gasteiger charge is -2.16. The standard InChI is InChI=1S/C12H16Cl2N2O2/c1-8(12(17)15-6-7-18-2)16-10-5-3-4-9(13)11(10)14/h3-5,8,16H,6-7H2,1-2H3,(H,15,17). The molecule has 0 aliphatic heterocycles. The molecule has 0 heterocycles. The minimum atomic E-state index is -0.405. The molecule has 0 spiro atoms. The Bertz CT molecular complexity index is 413. The van der Waals surface area contributed by atoms with Crippen LogP contribution >= 0.6 is 23.2 Å². The van der Waals surface area contributed by atoms with Crippen molar-refractivity contribution in [2.75, 3.05) is 25.6 Å². The Morgan fingerprint density at radius 1 is 1.44 bits per heavy atom. The van der Waals surface area contributed by atoms with Gasteiger partial charge in [0.25, 0.3) is 0 Å². The topological polar surface area (TPSA) is 50.4 Å². The van der Waals surface area contributed by atoms with Crippen molar-refractivity contribution < 1.29 is 9.53 Å². The fraction of sp³-hybridized carbons (Fsp3) is 0.417. The molecular formula is C12H16Cl2N2O2. The summed E-state index contributed by atoms with van der Waals surface area (Å²) in [5.41, 5.74) is 0.638. The number of anilines is 1. The Morgan fingerprint density at radius 3 is 2.83 bits per heavy atom. The van der Waals surface area contributed by atoms with Gasteiger partial charge in [0.1, 0.15) is 6.04 Å². The molecule has 1 atom stereocenters. The number of ether oxygens (including phenoxy) is 1. The first-order valence-electron chi connectivity index (χ1n) is 5.53. The quantitative estimate of drug-likeness (QED) is 0.792. The number of benzene rings is 1. The van der Waals surface area contributed by atoms with Gasteiger partial charge in [0.2, 0.25) is 5.91 Å². The largest absolute Gasteiger partial charge is 0.383 e. The molecule has 0 aliphatic carbocycles. The van der Waals surface area contributed by atoms with E-state index >= 15 is 0 Å². The highest BCUT2D eigenvalue weighted by atomic mass is 35.5. The van der Waals surface area contributed by atoms with E-state index in [1.54, 1.807) is 32.2 Å². The van der Waals surface area contributed by atoms with Crippen LogP contribution in [0.4, 0.5) is 5.69 Å². The van der Waals surface area contributed by atoms with Crippen molar-refractivity contribution in [2.45, 2.75) is 13.0 Å². The third kappa shape index (κ3) is 4.37. The summed E-state index contributed by atoms with van der Waals surface area (Å²) >= 11 is 11.9. The molecule has 1 unspecified atom stereocenters. The number of rotatable bonds is 6. The summed E-state index contributed by atoms with van der Waals surface area (Å²) in [6.45, 7) is 2.71. The highest BCUT2D eigenvalue weighted by Crippen LogP contribution is 2.29. The van der Waals surface area contributed by atoms with Gasteiger partial charge in [-0.25, -0.2) is 0 Å². The van der Waals surface area contributed by atoms with Gasteiger partial charge in [0, 0.05) is 13.7 Å². The van der Waals surface area contributed by atoms with Gasteiger partial charge < -0.3 is 15.4 Å². The van der Waals surface area contributed by atoms with Gasteiger partial charge in [0.15, 0.2) is 0 Å². The van der Waals surface area contributed by atoms with E-state index in [-0.39, 0.29) is 5.91 Å². The predicted octanol–water partition coefficient (Wildman–Crippen LogP) is 2.56. The number of methoxy groups -OCH3 is 1. The molecule has 18 heavy (non-hydrogen) atoms. The van der Waals surface area contributed by atoms with Gasteiger partial charge in [-0.15, -0.1) is 0 Å². The third-order valence-corrected chi connectivity index (χ3v) is 3.14. The van der Waals surface area contributed by atoms with Crippen LogP contribution in [0.15, 0.2) is 18.2 Å². The van der Waals surface area contributed by atoms with E-state index in [9.17, 15) is 4.79 Å². The van der Waals surface area contributed by atoms with Crippen LogP contribution in [0.3, 0.4) is 0 Å². The van der Waals surface area contributed by atoms with Crippen molar-refractivity contribution in [3.63, 3.8) is 0 Å². The Morgan fingerprint density at radius 2 is 2.17 bits per heavy atom. The summed E-state index contributed by atoms with van der Waals surface area (Å²) in [6, 6.07) is 4.83. The molecule has 1 rings (SSSR count). The Balaban J connectivity index is 2.56. The molecule has 0 saturated carbocycles. The monoisotopic (exact) mass is 290 g/mol. The van der Waals surface area contributed by atoms with E-state index in [2.05, 4.69) is 10.6 Å². The first kappa shape index (κ1) is 15.1. The third-order valence-electron chi connectivity index (χ3n) is 2.32. The van der Waals surface area contributed by atoms with Crippen LogP contribution in [-0.4, -0.2) is 32.2 Å². The summed E-state index contributed by atoms with van der Waals surface area (Å²) in [4.78, 5) is 11.7. The SMILES string of the molecule is COCCNC(=O)C(C)Nc1cccc(Cl)c1Cl. The summed E-state index contributed by atoms with van der Waals surface area (Å²) in [7, 11) is 1.58. The number of hydrogen-bond acceptors (Lipinski definition) is 3. The molecule has 0 bridgehead atoms. The maximum absolute atomic E-state index is 11.7. The molecule has 0 aliphatic rings. The van der Waals surface area contributed by atoms with Crippen LogP contribution in [0.2, 0.25) is 10.0 Å². The number of carbonyl (C=O) groups excluding carboxylic acids is 1. The highest BCUT2D eigenvalue weighted by Gasteiger charge is 2.14. The number of hydrogen-bond donors (Lipinski definition) is 2. The van der Waals surface area contributed by atoms with E-state index in [1.807, 2.05) is 0 Å². The predicted molar refractivity (Wildman–Crippen MR) is 74.4 cm³/mol. The smallest absolute Gasteiger partial charge is 0.242 e. The molecule has 100 valence electrons. The van der Waals surface area contributed by atoms with Gasteiger partial charge in [-0.1, -0.05) is 29.3 Å². The lowest BCUT2D eigenvalue weighted by Crippen LogP contribution is -2.39. The lowest BCUT2D eigenvalue weighted by atomic mass is 10.2. The van der Waals surface area contributed by atoms with Crippen molar-refractivity contribution in [1.29, 1.82) is 0 Å². The first-order valence-corrected chi connectivity index (χ1v) is 6.29. The molecule has 0 aromatic heterocycles. The molecule has 4 nitrogen and oxygen atoms in total. The molecule has 0 fully saturated rings. The van der Waals surface area contributed by atoms with Crippen LogP contribution < -0.4 is 10.6 Å². The summed E-state index contributed by atoms with van der Waals surface area (Å²) in [5, 5.41) is 6.61. The zero-order chi connectivity index (χ0) is 13.5. The van der Waals surface area contributed by atoms with Crippen LogP contribution in [0.25, 0.3) is 0 Å². The molecule has 1 aromatic carbocycles. The Kier molecular flexibility index (Phi) is 6.25. The second-order valence-electron chi connectivity index (χ2n) is 3.75. The van der Waals surface area contributed by atoms with Gasteiger partial charge in [-0.05, 0) is 19.1 Å². The molecule has 0 saturated heterocycles. The molecule has 0 radical (unpaired) electrons. The van der Waals surface area contributed by atoms with E-state index in [4.69, 9.17) is 27.9 Å². The fourth-order valence-corrected chi connectivity index (χ4v) is 1.70. The minimum Gasteiger partial charge on any atom is -0.383 e. The van der Waals surface area contributed by atoms with Crippen LogP contribution in [0, 0.1) is 0 Å². The van der Waals surface area contributed by atoms with Gasteiger partial charge >= 0.3 is 0 Å². The zero-order valence-corrected chi connectivity index (χ0v) is 11.8. The Hall–Kier alpha value is -0.970. The van der Waals surface area contributed by atoms with Gasteiger partial charge in [-0.2, -0.15) is 0 Å². The van der Waals surface area contributed by atoms with E-state index in [1.165, 1.54) is 0 Å². The number of nitrogens with one attached hydrogen (secondary N) is 2. The molecule has 6 heteroatoms. The van der Waals surface area contributed by atoms with Crippen LogP contribution in [0.5, 0.6) is 0 Å². The van der Waals surface area contributed by atoms with Crippen molar-refractivity contribution in [3.8, 4) is 0 Å². The number of amides is 1. The molecule has 2 N–H and O–H groups in total. The molecule has 1 amide bonds. The highest BCUT2D eigenvalue weighted by molar-refractivity contribution is 6.43. The van der Waals surface area contributed by atoms with Gasteiger partial charge in [-0.3, -0.25) is 4.79 Å². The molecule has 1 aromatic rings. The summed E-state index contributed by atoms with van der Waals surface area (Å²) in [5.74, 6) is -0.122. The van der Waals surface area contributed by atoms with E-state index in [0.717, 1.165) is 0 Å². The number of carbonyl (C=O) groups is 1.